The molecule has 1 amide bonds. The van der Waals surface area contributed by atoms with Gasteiger partial charge in [-0.15, -0.1) is 11.3 Å². The number of anilines is 1. The van der Waals surface area contributed by atoms with Crippen molar-refractivity contribution in [1.82, 2.24) is 0 Å². The normalized spacial score (nSPS) is 16.4. The lowest BCUT2D eigenvalue weighted by molar-refractivity contribution is -0.117. The second-order valence-corrected chi connectivity index (χ2v) is 8.17. The van der Waals surface area contributed by atoms with Gasteiger partial charge in [0.15, 0.2) is 5.76 Å². The molecule has 6 heteroatoms. The number of rotatable bonds is 6. The number of ketones is 1. The molecule has 30 heavy (non-hydrogen) atoms. The van der Waals surface area contributed by atoms with Crippen LogP contribution in [0.3, 0.4) is 0 Å². The van der Waals surface area contributed by atoms with Crippen LogP contribution in [0.1, 0.15) is 35.1 Å². The van der Waals surface area contributed by atoms with E-state index >= 15 is 0 Å². The second-order valence-electron chi connectivity index (χ2n) is 7.22. The molecule has 0 saturated carbocycles. The summed E-state index contributed by atoms with van der Waals surface area (Å²) in [5, 5.41) is 12.5. The molecule has 0 bridgehead atoms. The van der Waals surface area contributed by atoms with Crippen molar-refractivity contribution >= 4 is 28.7 Å². The maximum atomic E-state index is 13.3. The number of carbonyl (C=O) groups excluding carboxylic acids is 2. The van der Waals surface area contributed by atoms with E-state index in [1.54, 1.807) is 29.6 Å². The van der Waals surface area contributed by atoms with E-state index in [0.29, 0.717) is 21.9 Å². The SMILES string of the molecule is CC(C)Oc1cccc(C2C(C(=O)c3cccs3)=C(O)C(=O)N2c2ccccc2)c1. The summed E-state index contributed by atoms with van der Waals surface area (Å²) >= 11 is 1.28. The lowest BCUT2D eigenvalue weighted by Crippen LogP contribution is -2.31. The number of para-hydroxylation sites is 1. The number of nitrogens with zero attached hydrogens (tertiary/aromatic N) is 1. The number of aliphatic hydroxyl groups excluding tert-OH is 1. The molecule has 0 spiro atoms. The highest BCUT2D eigenvalue weighted by Gasteiger charge is 2.44. The first kappa shape index (κ1) is 19.9. The molecule has 0 fully saturated rings. The number of amides is 1. The summed E-state index contributed by atoms with van der Waals surface area (Å²) in [5.41, 5.74) is 1.37. The van der Waals surface area contributed by atoms with Gasteiger partial charge < -0.3 is 9.84 Å². The summed E-state index contributed by atoms with van der Waals surface area (Å²) in [5.74, 6) is -0.828. The maximum Gasteiger partial charge on any atom is 0.294 e. The Bertz CT molecular complexity index is 1100. The van der Waals surface area contributed by atoms with Gasteiger partial charge in [-0.05, 0) is 55.1 Å². The van der Waals surface area contributed by atoms with Gasteiger partial charge >= 0.3 is 0 Å². The molecule has 2 heterocycles. The number of benzene rings is 2. The Labute approximate surface area is 178 Å². The average Bonchev–Trinajstić information content (AvgIpc) is 3.36. The Balaban J connectivity index is 1.86. The van der Waals surface area contributed by atoms with Gasteiger partial charge in [-0.3, -0.25) is 14.5 Å². The van der Waals surface area contributed by atoms with Crippen molar-refractivity contribution in [2.24, 2.45) is 0 Å². The molecule has 1 aromatic heterocycles. The fourth-order valence-corrected chi connectivity index (χ4v) is 4.26. The van der Waals surface area contributed by atoms with Crippen LogP contribution in [0, 0.1) is 0 Å². The van der Waals surface area contributed by atoms with E-state index in [0.717, 1.165) is 0 Å². The topological polar surface area (TPSA) is 66.8 Å². The summed E-state index contributed by atoms with van der Waals surface area (Å²) in [6, 6.07) is 19.0. The van der Waals surface area contributed by atoms with Crippen LogP contribution >= 0.6 is 11.3 Å². The minimum absolute atomic E-state index is 0.0214. The predicted molar refractivity (Wildman–Crippen MR) is 117 cm³/mol. The van der Waals surface area contributed by atoms with Crippen LogP contribution in [0.25, 0.3) is 0 Å². The minimum Gasteiger partial charge on any atom is -0.503 e. The number of hydrogen-bond acceptors (Lipinski definition) is 5. The van der Waals surface area contributed by atoms with Gasteiger partial charge in [-0.1, -0.05) is 36.4 Å². The Morgan fingerprint density at radius 1 is 1.07 bits per heavy atom. The smallest absolute Gasteiger partial charge is 0.294 e. The molecular formula is C24H21NO4S. The third-order valence-corrected chi connectivity index (χ3v) is 5.65. The average molecular weight is 420 g/mol. The lowest BCUT2D eigenvalue weighted by Gasteiger charge is -2.27. The zero-order valence-corrected chi connectivity index (χ0v) is 17.4. The Hall–Kier alpha value is -3.38. The molecule has 0 aliphatic carbocycles. The Morgan fingerprint density at radius 2 is 1.83 bits per heavy atom. The molecule has 0 saturated heterocycles. The van der Waals surface area contributed by atoms with E-state index in [2.05, 4.69) is 0 Å². The summed E-state index contributed by atoms with van der Waals surface area (Å²) in [6.07, 6.45) is -0.0214. The Kier molecular flexibility index (Phi) is 5.42. The summed E-state index contributed by atoms with van der Waals surface area (Å²) in [6.45, 7) is 3.86. The third kappa shape index (κ3) is 3.62. The van der Waals surface area contributed by atoms with Crippen molar-refractivity contribution in [3.8, 4) is 5.75 Å². The molecule has 4 rings (SSSR count). The van der Waals surface area contributed by atoms with E-state index in [-0.39, 0.29) is 17.5 Å². The molecule has 1 unspecified atom stereocenters. The van der Waals surface area contributed by atoms with Gasteiger partial charge in [0.05, 0.1) is 22.6 Å². The first-order valence-electron chi connectivity index (χ1n) is 9.64. The van der Waals surface area contributed by atoms with Crippen molar-refractivity contribution in [3.05, 3.63) is 93.9 Å². The van der Waals surface area contributed by atoms with Gasteiger partial charge in [0.1, 0.15) is 5.75 Å². The maximum absolute atomic E-state index is 13.3. The number of thiophene rings is 1. The van der Waals surface area contributed by atoms with Gasteiger partial charge in [0.2, 0.25) is 5.78 Å². The molecule has 2 aromatic carbocycles. The highest BCUT2D eigenvalue weighted by Crippen LogP contribution is 2.42. The van der Waals surface area contributed by atoms with E-state index in [1.807, 2.05) is 56.3 Å². The number of ether oxygens (including phenoxy) is 1. The fourth-order valence-electron chi connectivity index (χ4n) is 3.58. The van der Waals surface area contributed by atoms with E-state index in [9.17, 15) is 14.7 Å². The molecule has 152 valence electrons. The molecule has 0 radical (unpaired) electrons. The highest BCUT2D eigenvalue weighted by atomic mass is 32.1. The van der Waals surface area contributed by atoms with Crippen LogP contribution in [-0.2, 0) is 4.79 Å². The molecule has 1 aliphatic rings. The summed E-state index contributed by atoms with van der Waals surface area (Å²) < 4.78 is 5.81. The molecule has 1 N–H and O–H groups in total. The zero-order valence-electron chi connectivity index (χ0n) is 16.6. The largest absolute Gasteiger partial charge is 0.503 e. The number of aliphatic hydroxyl groups is 1. The van der Waals surface area contributed by atoms with Crippen LogP contribution in [0.2, 0.25) is 0 Å². The van der Waals surface area contributed by atoms with Crippen LogP contribution in [0.5, 0.6) is 5.75 Å². The highest BCUT2D eigenvalue weighted by molar-refractivity contribution is 7.12. The van der Waals surface area contributed by atoms with Crippen LogP contribution < -0.4 is 9.64 Å². The van der Waals surface area contributed by atoms with Crippen molar-refractivity contribution < 1.29 is 19.4 Å². The van der Waals surface area contributed by atoms with Crippen molar-refractivity contribution in [2.45, 2.75) is 26.0 Å². The minimum atomic E-state index is -0.759. The molecule has 1 atom stereocenters. The van der Waals surface area contributed by atoms with Gasteiger partial charge in [0, 0.05) is 5.69 Å². The monoisotopic (exact) mass is 419 g/mol. The van der Waals surface area contributed by atoms with E-state index < -0.39 is 17.7 Å². The second kappa shape index (κ2) is 8.16. The van der Waals surface area contributed by atoms with Crippen molar-refractivity contribution in [3.63, 3.8) is 0 Å². The number of carbonyl (C=O) groups is 2. The first-order valence-corrected chi connectivity index (χ1v) is 10.5. The molecule has 5 nitrogen and oxygen atoms in total. The van der Waals surface area contributed by atoms with E-state index in [4.69, 9.17) is 4.74 Å². The molecular weight excluding hydrogens is 398 g/mol. The van der Waals surface area contributed by atoms with Crippen LogP contribution in [0.4, 0.5) is 5.69 Å². The first-order chi connectivity index (χ1) is 14.5. The predicted octanol–water partition coefficient (Wildman–Crippen LogP) is 5.32. The zero-order chi connectivity index (χ0) is 21.3. The lowest BCUT2D eigenvalue weighted by atomic mass is 9.95. The van der Waals surface area contributed by atoms with Gasteiger partial charge in [-0.25, -0.2) is 0 Å². The van der Waals surface area contributed by atoms with Crippen LogP contribution in [0.15, 0.2) is 83.4 Å². The standard InChI is InChI=1S/C24H21NO4S/c1-15(2)29-18-11-6-8-16(14-18)21-20(22(26)19-12-7-13-30-19)23(27)24(28)25(21)17-9-4-3-5-10-17/h3-15,21,27H,1-2H3. The summed E-state index contributed by atoms with van der Waals surface area (Å²) in [7, 11) is 0. The number of Topliss-reactive ketones (excluding diaryl/α,β-unsaturated/α-hetero) is 1. The van der Waals surface area contributed by atoms with Crippen molar-refractivity contribution in [1.29, 1.82) is 0 Å². The molecule has 1 aliphatic heterocycles. The third-order valence-electron chi connectivity index (χ3n) is 4.78. The Morgan fingerprint density at radius 3 is 2.50 bits per heavy atom. The van der Waals surface area contributed by atoms with Crippen LogP contribution in [-0.4, -0.2) is 22.9 Å². The summed E-state index contributed by atoms with van der Waals surface area (Å²) in [4.78, 5) is 28.3. The fraction of sp³-hybridized carbons (Fsp3) is 0.167. The van der Waals surface area contributed by atoms with Crippen molar-refractivity contribution in [2.75, 3.05) is 4.90 Å². The van der Waals surface area contributed by atoms with Gasteiger partial charge in [-0.2, -0.15) is 0 Å². The quantitative estimate of drug-likeness (QED) is 0.549. The number of hydrogen-bond donors (Lipinski definition) is 1. The van der Waals surface area contributed by atoms with E-state index in [1.165, 1.54) is 16.2 Å². The van der Waals surface area contributed by atoms with Gasteiger partial charge in [0.25, 0.3) is 5.91 Å². The molecule has 3 aromatic rings.